The first-order valence-electron chi connectivity index (χ1n) is 12.8. The summed E-state index contributed by atoms with van der Waals surface area (Å²) >= 11 is 0. The number of fused-ring (bicyclic) bond motifs is 3. The quantitative estimate of drug-likeness (QED) is 0.345. The van der Waals surface area contributed by atoms with Gasteiger partial charge in [-0.25, -0.2) is 0 Å². The number of phenols is 1. The van der Waals surface area contributed by atoms with Gasteiger partial charge in [0.15, 0.2) is 0 Å². The van der Waals surface area contributed by atoms with Crippen LogP contribution in [0, 0.1) is 5.92 Å². The number of aromatic hydroxyl groups is 1. The molecule has 2 heterocycles. The number of carbonyl (C=O) groups excluding carboxylic acids is 1. The molecule has 1 aliphatic carbocycles. The van der Waals surface area contributed by atoms with Crippen molar-refractivity contribution in [3.8, 4) is 11.5 Å². The number of unbranched alkanes of at least 4 members (excludes halogenated alkanes) is 1. The zero-order chi connectivity index (χ0) is 24.5. The summed E-state index contributed by atoms with van der Waals surface area (Å²) in [4.78, 5) is 15.4. The van der Waals surface area contributed by atoms with Crippen molar-refractivity contribution in [2.45, 2.75) is 77.2 Å². The van der Waals surface area contributed by atoms with Gasteiger partial charge >= 0.3 is 5.97 Å². The summed E-state index contributed by atoms with van der Waals surface area (Å²) in [7, 11) is 0. The van der Waals surface area contributed by atoms with E-state index in [1.807, 2.05) is 19.9 Å². The molecule has 1 N–H and O–H groups in total. The second-order valence-corrected chi connectivity index (χ2v) is 11.2. The van der Waals surface area contributed by atoms with Crippen molar-refractivity contribution in [2.75, 3.05) is 39.5 Å². The predicted octanol–water partition coefficient (Wildman–Crippen LogP) is 4.94. The molecule has 0 saturated carbocycles. The summed E-state index contributed by atoms with van der Waals surface area (Å²) in [5.74, 6) is 1.18. The number of morpholine rings is 1. The van der Waals surface area contributed by atoms with E-state index < -0.39 is 5.41 Å². The molecule has 188 valence electrons. The number of ether oxygens (including phenoxy) is 3. The van der Waals surface area contributed by atoms with Crippen LogP contribution in [0.2, 0.25) is 0 Å². The van der Waals surface area contributed by atoms with Crippen molar-refractivity contribution in [3.05, 3.63) is 34.9 Å². The zero-order valence-electron chi connectivity index (χ0n) is 21.5. The third-order valence-corrected chi connectivity index (χ3v) is 7.94. The molecule has 6 nitrogen and oxygen atoms in total. The third kappa shape index (κ3) is 5.13. The smallest absolute Gasteiger partial charge is 0.315 e. The highest BCUT2D eigenvalue weighted by Crippen LogP contribution is 2.54. The van der Waals surface area contributed by atoms with Gasteiger partial charge < -0.3 is 19.3 Å². The summed E-state index contributed by atoms with van der Waals surface area (Å²) in [6.07, 6.45) is 6.00. The van der Waals surface area contributed by atoms with Gasteiger partial charge in [-0.3, -0.25) is 9.69 Å². The molecule has 3 aliphatic rings. The Kier molecular flexibility index (Phi) is 7.30. The Morgan fingerprint density at radius 3 is 2.71 bits per heavy atom. The molecule has 1 unspecified atom stereocenters. The van der Waals surface area contributed by atoms with Crippen LogP contribution in [0.25, 0.3) is 0 Å². The highest BCUT2D eigenvalue weighted by Gasteiger charge is 2.46. The van der Waals surface area contributed by atoms with Crippen LogP contribution in [0.3, 0.4) is 0 Å². The van der Waals surface area contributed by atoms with Crippen LogP contribution in [0.4, 0.5) is 0 Å². The molecule has 0 bridgehead atoms. The van der Waals surface area contributed by atoms with Crippen LogP contribution < -0.4 is 4.74 Å². The van der Waals surface area contributed by atoms with Gasteiger partial charge in [-0.05, 0) is 84.5 Å². The molecule has 1 fully saturated rings. The van der Waals surface area contributed by atoms with Crippen LogP contribution in [-0.2, 0) is 19.7 Å². The Morgan fingerprint density at radius 2 is 1.97 bits per heavy atom. The number of benzene rings is 1. The van der Waals surface area contributed by atoms with Gasteiger partial charge in [-0.15, -0.1) is 0 Å². The summed E-state index contributed by atoms with van der Waals surface area (Å²) in [5, 5.41) is 11.1. The number of hydrogen-bond donors (Lipinski definition) is 1. The lowest BCUT2D eigenvalue weighted by molar-refractivity contribution is -0.149. The maximum atomic E-state index is 13.0. The van der Waals surface area contributed by atoms with Crippen molar-refractivity contribution in [1.29, 1.82) is 0 Å². The lowest BCUT2D eigenvalue weighted by atomic mass is 9.67. The zero-order valence-corrected chi connectivity index (χ0v) is 21.5. The average molecular weight is 472 g/mol. The molecule has 2 atom stereocenters. The highest BCUT2D eigenvalue weighted by molar-refractivity contribution is 5.82. The van der Waals surface area contributed by atoms with Gasteiger partial charge in [0.05, 0.1) is 25.2 Å². The number of nitrogens with zero attached hydrogens (tertiary/aromatic N) is 1. The first-order valence-corrected chi connectivity index (χ1v) is 12.8. The van der Waals surface area contributed by atoms with Crippen molar-refractivity contribution in [3.63, 3.8) is 0 Å². The highest BCUT2D eigenvalue weighted by atomic mass is 16.5. The lowest BCUT2D eigenvalue weighted by Gasteiger charge is -2.47. The Bertz CT molecular complexity index is 929. The number of allylic oxidation sites excluding steroid dienone is 2. The second kappa shape index (κ2) is 9.90. The van der Waals surface area contributed by atoms with E-state index in [0.29, 0.717) is 18.3 Å². The largest absolute Gasteiger partial charge is 0.508 e. The monoisotopic (exact) mass is 471 g/mol. The van der Waals surface area contributed by atoms with Gasteiger partial charge in [0, 0.05) is 30.5 Å². The summed E-state index contributed by atoms with van der Waals surface area (Å²) in [5.41, 5.74) is 1.73. The second-order valence-electron chi connectivity index (χ2n) is 11.2. The Labute approximate surface area is 204 Å². The minimum absolute atomic E-state index is 0.221. The average Bonchev–Trinajstić information content (AvgIpc) is 2.78. The molecule has 1 aromatic carbocycles. The molecule has 1 aromatic rings. The van der Waals surface area contributed by atoms with Crippen LogP contribution in [-0.4, -0.2) is 61.0 Å². The van der Waals surface area contributed by atoms with Crippen LogP contribution in [0.1, 0.15) is 77.3 Å². The maximum absolute atomic E-state index is 13.0. The number of rotatable bonds is 7. The standard InChI is InChI=1S/C28H41NO5/c1-19-8-9-22-21(16-19)25-23(30)17-20(18-24(25)34-28(22,4)5)27(2,3)26(31)33-13-7-6-10-29-11-14-32-15-12-29/h8,17-18,21-22,30H,6-7,9-16H2,1-5H3/t21-,22?/m1/s1. The molecule has 4 rings (SSSR count). The minimum Gasteiger partial charge on any atom is -0.508 e. The fourth-order valence-corrected chi connectivity index (χ4v) is 5.65. The fraction of sp³-hybridized carbons (Fsp3) is 0.679. The molecule has 0 amide bonds. The van der Waals surface area contributed by atoms with Crippen molar-refractivity contribution in [1.82, 2.24) is 4.90 Å². The topological polar surface area (TPSA) is 68.2 Å². The third-order valence-electron chi connectivity index (χ3n) is 7.94. The summed E-state index contributed by atoms with van der Waals surface area (Å²) in [6, 6.07) is 3.69. The van der Waals surface area contributed by atoms with E-state index in [1.54, 1.807) is 6.07 Å². The Morgan fingerprint density at radius 1 is 1.24 bits per heavy atom. The molecule has 0 spiro atoms. The number of esters is 1. The first-order chi connectivity index (χ1) is 16.1. The van der Waals surface area contributed by atoms with Gasteiger partial charge in [-0.1, -0.05) is 11.6 Å². The molecule has 0 aromatic heterocycles. The van der Waals surface area contributed by atoms with E-state index in [1.165, 1.54) is 5.57 Å². The fourth-order valence-electron chi connectivity index (χ4n) is 5.65. The number of phenolic OH excluding ortho intramolecular Hbond substituents is 1. The van der Waals surface area contributed by atoms with Crippen molar-refractivity contribution in [2.24, 2.45) is 5.92 Å². The van der Waals surface area contributed by atoms with Gasteiger partial charge in [0.25, 0.3) is 0 Å². The van der Waals surface area contributed by atoms with E-state index in [4.69, 9.17) is 14.2 Å². The van der Waals surface area contributed by atoms with Crippen LogP contribution >= 0.6 is 0 Å². The van der Waals surface area contributed by atoms with Crippen LogP contribution in [0.5, 0.6) is 11.5 Å². The molecule has 2 aliphatic heterocycles. The van der Waals surface area contributed by atoms with E-state index in [2.05, 4.69) is 31.7 Å². The van der Waals surface area contributed by atoms with Crippen molar-refractivity contribution < 1.29 is 24.1 Å². The first kappa shape index (κ1) is 25.1. The van der Waals surface area contributed by atoms with E-state index in [9.17, 15) is 9.90 Å². The van der Waals surface area contributed by atoms with E-state index in [0.717, 1.165) is 69.7 Å². The predicted molar refractivity (Wildman–Crippen MR) is 133 cm³/mol. The summed E-state index contributed by atoms with van der Waals surface area (Å²) in [6.45, 7) is 15.1. The molecule has 34 heavy (non-hydrogen) atoms. The molecule has 6 heteroatoms. The minimum atomic E-state index is -0.885. The number of hydrogen-bond acceptors (Lipinski definition) is 6. The Balaban J connectivity index is 1.42. The SMILES string of the molecule is CC1=CCC2[C@@H](C1)c1c(O)cc(C(C)(C)C(=O)OCCCCN3CCOCC3)cc1OC2(C)C. The Hall–Kier alpha value is -2.05. The van der Waals surface area contributed by atoms with E-state index >= 15 is 0 Å². The molecular weight excluding hydrogens is 430 g/mol. The molecule has 0 radical (unpaired) electrons. The molecule has 1 saturated heterocycles. The van der Waals surface area contributed by atoms with Gasteiger partial charge in [-0.2, -0.15) is 0 Å². The maximum Gasteiger partial charge on any atom is 0.315 e. The van der Waals surface area contributed by atoms with Crippen LogP contribution in [0.15, 0.2) is 23.8 Å². The molecular formula is C28H41NO5. The normalized spacial score (nSPS) is 24.4. The lowest BCUT2D eigenvalue weighted by Crippen LogP contribution is -2.45. The van der Waals surface area contributed by atoms with E-state index in [-0.39, 0.29) is 23.2 Å². The van der Waals surface area contributed by atoms with Crippen molar-refractivity contribution >= 4 is 5.97 Å². The van der Waals surface area contributed by atoms with Gasteiger partial charge in [0.1, 0.15) is 17.1 Å². The summed E-state index contributed by atoms with van der Waals surface area (Å²) < 4.78 is 17.5. The van der Waals surface area contributed by atoms with Gasteiger partial charge in [0.2, 0.25) is 0 Å². The number of carbonyl (C=O) groups is 1.